The summed E-state index contributed by atoms with van der Waals surface area (Å²) in [6.07, 6.45) is 4.92. The first-order valence-electron chi connectivity index (χ1n) is 4.35. The second-order valence-corrected chi connectivity index (χ2v) is 4.16. The van der Waals surface area contributed by atoms with Gasteiger partial charge in [-0.1, -0.05) is 15.9 Å². The highest BCUT2D eigenvalue weighted by Crippen LogP contribution is 2.31. The molecule has 1 aliphatic rings. The molecule has 2 rings (SSSR count). The number of nitrogens with two attached hydrogens (primary N) is 1. The Balaban J connectivity index is 0.000000845. The Kier molecular flexibility index (Phi) is 3.63. The van der Waals surface area contributed by atoms with Crippen LogP contribution >= 0.6 is 28.3 Å². The van der Waals surface area contributed by atoms with Gasteiger partial charge in [0.2, 0.25) is 0 Å². The van der Waals surface area contributed by atoms with Crippen LogP contribution in [0.4, 0.5) is 5.69 Å². The van der Waals surface area contributed by atoms with Crippen LogP contribution in [0.1, 0.15) is 24.0 Å². The third kappa shape index (κ3) is 2.00. The predicted molar refractivity (Wildman–Crippen MR) is 62.4 cm³/mol. The van der Waals surface area contributed by atoms with Crippen molar-refractivity contribution in [3.63, 3.8) is 0 Å². The minimum absolute atomic E-state index is 0. The lowest BCUT2D eigenvalue weighted by molar-refractivity contribution is 0.685. The van der Waals surface area contributed by atoms with Crippen molar-refractivity contribution in [1.82, 2.24) is 0 Å². The number of halogens is 2. The van der Waals surface area contributed by atoms with Crippen molar-refractivity contribution in [3.05, 3.63) is 27.7 Å². The van der Waals surface area contributed by atoms with Crippen molar-refractivity contribution in [3.8, 4) is 0 Å². The summed E-state index contributed by atoms with van der Waals surface area (Å²) in [5.41, 5.74) is 9.66. The normalized spacial score (nSPS) is 14.5. The molecule has 0 atom stereocenters. The van der Waals surface area contributed by atoms with Crippen LogP contribution in [0.3, 0.4) is 0 Å². The molecule has 0 saturated carbocycles. The summed E-state index contributed by atoms with van der Waals surface area (Å²) in [5.74, 6) is 0. The highest BCUT2D eigenvalue weighted by Gasteiger charge is 2.13. The lowest BCUT2D eigenvalue weighted by Crippen LogP contribution is -2.06. The van der Waals surface area contributed by atoms with Gasteiger partial charge >= 0.3 is 0 Å². The molecule has 0 aliphatic heterocycles. The van der Waals surface area contributed by atoms with Crippen LogP contribution in [0, 0.1) is 0 Å². The third-order valence-electron chi connectivity index (χ3n) is 2.51. The first-order chi connectivity index (χ1) is 5.79. The molecule has 1 aromatic carbocycles. The lowest BCUT2D eigenvalue weighted by Gasteiger charge is -2.18. The van der Waals surface area contributed by atoms with Crippen molar-refractivity contribution in [2.75, 3.05) is 5.73 Å². The van der Waals surface area contributed by atoms with Gasteiger partial charge in [0.25, 0.3) is 0 Å². The molecule has 0 aromatic heterocycles. The summed E-state index contributed by atoms with van der Waals surface area (Å²) < 4.78 is 1.23. The van der Waals surface area contributed by atoms with Gasteiger partial charge in [0.1, 0.15) is 0 Å². The van der Waals surface area contributed by atoms with E-state index >= 15 is 0 Å². The number of nitrogen functional groups attached to an aromatic ring is 1. The largest absolute Gasteiger partial charge is 0.398 e. The van der Waals surface area contributed by atoms with Crippen LogP contribution in [-0.4, -0.2) is 0 Å². The predicted octanol–water partition coefficient (Wildman–Crippen LogP) is 3.33. The van der Waals surface area contributed by atoms with Crippen molar-refractivity contribution < 1.29 is 0 Å². The molecule has 3 heteroatoms. The van der Waals surface area contributed by atoms with Gasteiger partial charge in [-0.25, -0.2) is 0 Å². The van der Waals surface area contributed by atoms with Crippen molar-refractivity contribution in [2.45, 2.75) is 25.7 Å². The summed E-state index contributed by atoms with van der Waals surface area (Å²) in [7, 11) is 0. The molecule has 0 unspecified atom stereocenters. The van der Waals surface area contributed by atoms with Gasteiger partial charge in [0, 0.05) is 10.2 Å². The third-order valence-corrected chi connectivity index (χ3v) is 3.26. The Morgan fingerprint density at radius 2 is 1.69 bits per heavy atom. The summed E-state index contributed by atoms with van der Waals surface area (Å²) in [6.45, 7) is 0. The summed E-state index contributed by atoms with van der Waals surface area (Å²) in [6, 6.07) is 4.05. The molecular formula is C10H13BrClN. The molecule has 1 aliphatic carbocycles. The molecule has 72 valence electrons. The molecule has 1 nitrogen and oxygen atoms in total. The molecular weight excluding hydrogens is 249 g/mol. The standard InChI is InChI=1S/C10H12BrN.ClH/c11-9-5-6-10(12)8-4-2-1-3-7(8)9;/h5-6H,1-4,12H2;1H. The zero-order valence-electron chi connectivity index (χ0n) is 7.35. The highest BCUT2D eigenvalue weighted by atomic mass is 79.9. The summed E-state index contributed by atoms with van der Waals surface area (Å²) in [4.78, 5) is 0. The van der Waals surface area contributed by atoms with Crippen LogP contribution in [0.15, 0.2) is 16.6 Å². The van der Waals surface area contributed by atoms with E-state index in [0.717, 1.165) is 12.1 Å². The van der Waals surface area contributed by atoms with Gasteiger partial charge in [-0.05, 0) is 48.9 Å². The Bertz CT molecular complexity index is 281. The van der Waals surface area contributed by atoms with Crippen LogP contribution in [0.5, 0.6) is 0 Å². The van der Waals surface area contributed by atoms with E-state index in [1.165, 1.54) is 34.9 Å². The van der Waals surface area contributed by atoms with Crippen molar-refractivity contribution >= 4 is 34.0 Å². The highest BCUT2D eigenvalue weighted by molar-refractivity contribution is 9.10. The summed E-state index contributed by atoms with van der Waals surface area (Å²) in [5, 5.41) is 0. The number of fused-ring (bicyclic) bond motifs is 1. The smallest absolute Gasteiger partial charge is 0.0350 e. The fraction of sp³-hybridized carbons (Fsp3) is 0.400. The minimum atomic E-state index is 0. The van der Waals surface area contributed by atoms with Gasteiger partial charge in [-0.2, -0.15) is 0 Å². The van der Waals surface area contributed by atoms with E-state index in [-0.39, 0.29) is 12.4 Å². The molecule has 0 amide bonds. The first-order valence-corrected chi connectivity index (χ1v) is 5.14. The van der Waals surface area contributed by atoms with Gasteiger partial charge < -0.3 is 5.73 Å². The SMILES string of the molecule is Cl.Nc1ccc(Br)c2c1CCCC2. The average molecular weight is 263 g/mol. The number of hydrogen-bond donors (Lipinski definition) is 1. The molecule has 0 saturated heterocycles. The molecule has 1 aromatic rings. The molecule has 0 bridgehead atoms. The molecule has 13 heavy (non-hydrogen) atoms. The van der Waals surface area contributed by atoms with Crippen LogP contribution in [0.2, 0.25) is 0 Å². The molecule has 0 fully saturated rings. The van der Waals surface area contributed by atoms with E-state index in [0.29, 0.717) is 0 Å². The van der Waals surface area contributed by atoms with Gasteiger partial charge in [-0.3, -0.25) is 0 Å². The maximum absolute atomic E-state index is 5.89. The van der Waals surface area contributed by atoms with E-state index < -0.39 is 0 Å². The average Bonchev–Trinajstić information content (AvgIpc) is 2.12. The van der Waals surface area contributed by atoms with Crippen molar-refractivity contribution in [2.24, 2.45) is 0 Å². The number of anilines is 1. The molecule has 0 radical (unpaired) electrons. The zero-order valence-corrected chi connectivity index (χ0v) is 9.75. The first kappa shape index (κ1) is 10.9. The lowest BCUT2D eigenvalue weighted by atomic mass is 9.91. The quantitative estimate of drug-likeness (QED) is 0.713. The van der Waals surface area contributed by atoms with E-state index in [1.54, 1.807) is 0 Å². The van der Waals surface area contributed by atoms with Gasteiger partial charge in [0.15, 0.2) is 0 Å². The van der Waals surface area contributed by atoms with E-state index in [4.69, 9.17) is 5.73 Å². The fourth-order valence-electron chi connectivity index (χ4n) is 1.85. The zero-order chi connectivity index (χ0) is 8.55. The van der Waals surface area contributed by atoms with E-state index in [1.807, 2.05) is 6.07 Å². The Morgan fingerprint density at radius 1 is 1.08 bits per heavy atom. The second-order valence-electron chi connectivity index (χ2n) is 3.30. The monoisotopic (exact) mass is 261 g/mol. The number of rotatable bonds is 0. The number of benzene rings is 1. The van der Waals surface area contributed by atoms with Gasteiger partial charge in [-0.15, -0.1) is 12.4 Å². The van der Waals surface area contributed by atoms with E-state index in [9.17, 15) is 0 Å². The molecule has 2 N–H and O–H groups in total. The maximum atomic E-state index is 5.89. The van der Waals surface area contributed by atoms with Gasteiger partial charge in [0.05, 0.1) is 0 Å². The van der Waals surface area contributed by atoms with Crippen LogP contribution in [0.25, 0.3) is 0 Å². The maximum Gasteiger partial charge on any atom is 0.0350 e. The van der Waals surface area contributed by atoms with Crippen LogP contribution in [-0.2, 0) is 12.8 Å². The Labute approximate surface area is 93.2 Å². The van der Waals surface area contributed by atoms with Crippen molar-refractivity contribution in [1.29, 1.82) is 0 Å². The second kappa shape index (κ2) is 4.34. The topological polar surface area (TPSA) is 26.0 Å². The van der Waals surface area contributed by atoms with Crippen LogP contribution < -0.4 is 5.73 Å². The Hall–Kier alpha value is -0.210. The van der Waals surface area contributed by atoms with E-state index in [2.05, 4.69) is 22.0 Å². The Morgan fingerprint density at radius 3 is 2.31 bits per heavy atom. The summed E-state index contributed by atoms with van der Waals surface area (Å²) >= 11 is 3.56. The number of hydrogen-bond acceptors (Lipinski definition) is 1. The molecule has 0 spiro atoms. The minimum Gasteiger partial charge on any atom is -0.398 e. The fourth-order valence-corrected chi connectivity index (χ4v) is 2.42. The molecule has 0 heterocycles.